The van der Waals surface area contributed by atoms with Crippen LogP contribution in [0, 0.1) is 19.7 Å². The van der Waals surface area contributed by atoms with Crippen molar-refractivity contribution in [3.05, 3.63) is 52.6 Å². The first kappa shape index (κ1) is 19.1. The van der Waals surface area contributed by atoms with E-state index >= 15 is 0 Å². The predicted molar refractivity (Wildman–Crippen MR) is 99.9 cm³/mol. The zero-order valence-corrected chi connectivity index (χ0v) is 16.0. The monoisotopic (exact) mass is 372 g/mol. The molecule has 2 aromatic rings. The third-order valence-corrected chi connectivity index (χ3v) is 5.23. The zero-order chi connectivity index (χ0) is 19.6. The van der Waals surface area contributed by atoms with Gasteiger partial charge in [0.15, 0.2) is 0 Å². The molecule has 0 bridgehead atoms. The van der Waals surface area contributed by atoms with E-state index in [2.05, 4.69) is 5.10 Å². The SMILES string of the molecule is Cc1nn(C)c(C)c1CC(=O)N1CCCN(C(=O)c2ccccc2F)CC1. The Hall–Kier alpha value is -2.70. The second kappa shape index (κ2) is 7.90. The minimum atomic E-state index is -0.512. The fourth-order valence-electron chi connectivity index (χ4n) is 3.51. The van der Waals surface area contributed by atoms with Gasteiger partial charge in [-0.2, -0.15) is 5.10 Å². The highest BCUT2D eigenvalue weighted by atomic mass is 19.1. The van der Waals surface area contributed by atoms with Crippen molar-refractivity contribution in [2.45, 2.75) is 26.7 Å². The third kappa shape index (κ3) is 4.02. The first-order chi connectivity index (χ1) is 12.9. The van der Waals surface area contributed by atoms with E-state index in [1.54, 1.807) is 26.6 Å². The summed E-state index contributed by atoms with van der Waals surface area (Å²) in [6.45, 7) is 5.84. The van der Waals surface area contributed by atoms with Gasteiger partial charge in [0.1, 0.15) is 5.82 Å². The van der Waals surface area contributed by atoms with Gasteiger partial charge in [-0.1, -0.05) is 12.1 Å². The minimum absolute atomic E-state index is 0.0365. The molecule has 0 radical (unpaired) electrons. The van der Waals surface area contributed by atoms with Crippen molar-refractivity contribution >= 4 is 11.8 Å². The average Bonchev–Trinajstić information content (AvgIpc) is 2.85. The third-order valence-electron chi connectivity index (χ3n) is 5.23. The first-order valence-corrected chi connectivity index (χ1v) is 9.19. The Morgan fingerprint density at radius 2 is 1.74 bits per heavy atom. The lowest BCUT2D eigenvalue weighted by Crippen LogP contribution is -2.38. The van der Waals surface area contributed by atoms with Crippen LogP contribution < -0.4 is 0 Å². The Bertz CT molecular complexity index is 862. The number of rotatable bonds is 3. The van der Waals surface area contributed by atoms with Crippen molar-refractivity contribution in [1.29, 1.82) is 0 Å². The van der Waals surface area contributed by atoms with E-state index in [0.717, 1.165) is 17.0 Å². The smallest absolute Gasteiger partial charge is 0.256 e. The van der Waals surface area contributed by atoms with Gasteiger partial charge >= 0.3 is 0 Å². The van der Waals surface area contributed by atoms with Crippen LogP contribution in [0.25, 0.3) is 0 Å². The van der Waals surface area contributed by atoms with E-state index < -0.39 is 5.82 Å². The Morgan fingerprint density at radius 3 is 2.41 bits per heavy atom. The lowest BCUT2D eigenvalue weighted by atomic mass is 10.1. The highest BCUT2D eigenvalue weighted by Gasteiger charge is 2.25. The van der Waals surface area contributed by atoms with Gasteiger partial charge in [0.05, 0.1) is 17.7 Å². The Kier molecular flexibility index (Phi) is 5.58. The summed E-state index contributed by atoms with van der Waals surface area (Å²) in [5, 5.41) is 4.36. The second-order valence-corrected chi connectivity index (χ2v) is 6.96. The molecule has 0 N–H and O–H groups in total. The molecule has 0 unspecified atom stereocenters. The molecule has 2 heterocycles. The largest absolute Gasteiger partial charge is 0.341 e. The van der Waals surface area contributed by atoms with Crippen LogP contribution >= 0.6 is 0 Å². The van der Waals surface area contributed by atoms with Crippen LogP contribution in [0.4, 0.5) is 4.39 Å². The molecule has 1 aromatic carbocycles. The van der Waals surface area contributed by atoms with Gasteiger partial charge in [-0.3, -0.25) is 14.3 Å². The van der Waals surface area contributed by atoms with Crippen LogP contribution in [0.15, 0.2) is 24.3 Å². The molecule has 3 rings (SSSR count). The molecule has 1 aliphatic heterocycles. The molecule has 2 amide bonds. The summed E-state index contributed by atoms with van der Waals surface area (Å²) in [5.74, 6) is -0.794. The van der Waals surface area contributed by atoms with E-state index in [-0.39, 0.29) is 17.4 Å². The van der Waals surface area contributed by atoms with Crippen LogP contribution in [-0.4, -0.2) is 57.6 Å². The van der Waals surface area contributed by atoms with Gasteiger partial charge in [-0.05, 0) is 32.4 Å². The number of aryl methyl sites for hydroxylation is 2. The summed E-state index contributed by atoms with van der Waals surface area (Å²) >= 11 is 0. The minimum Gasteiger partial charge on any atom is -0.341 e. The van der Waals surface area contributed by atoms with Gasteiger partial charge < -0.3 is 9.80 Å². The van der Waals surface area contributed by atoms with Crippen LogP contribution in [-0.2, 0) is 18.3 Å². The molecule has 1 saturated heterocycles. The number of nitrogens with zero attached hydrogens (tertiary/aromatic N) is 4. The van der Waals surface area contributed by atoms with Crippen LogP contribution in [0.3, 0.4) is 0 Å². The van der Waals surface area contributed by atoms with Crippen LogP contribution in [0.1, 0.15) is 33.7 Å². The van der Waals surface area contributed by atoms with Crippen molar-refractivity contribution in [1.82, 2.24) is 19.6 Å². The fourth-order valence-corrected chi connectivity index (χ4v) is 3.51. The zero-order valence-electron chi connectivity index (χ0n) is 16.0. The molecule has 6 nitrogen and oxygen atoms in total. The molecule has 1 fully saturated rings. The van der Waals surface area contributed by atoms with Gasteiger partial charge in [0.2, 0.25) is 5.91 Å². The molecule has 0 atom stereocenters. The maximum atomic E-state index is 13.9. The molecule has 0 saturated carbocycles. The highest BCUT2D eigenvalue weighted by Crippen LogP contribution is 2.16. The Balaban J connectivity index is 1.65. The number of halogens is 1. The molecule has 1 aromatic heterocycles. The summed E-state index contributed by atoms with van der Waals surface area (Å²) in [4.78, 5) is 28.8. The van der Waals surface area contributed by atoms with E-state index in [1.807, 2.05) is 20.9 Å². The lowest BCUT2D eigenvalue weighted by Gasteiger charge is -2.22. The van der Waals surface area contributed by atoms with E-state index in [9.17, 15) is 14.0 Å². The molecule has 0 aliphatic carbocycles. The Morgan fingerprint density at radius 1 is 1.07 bits per heavy atom. The van der Waals surface area contributed by atoms with Crippen molar-refractivity contribution in [2.75, 3.05) is 26.2 Å². The molecule has 27 heavy (non-hydrogen) atoms. The van der Waals surface area contributed by atoms with E-state index in [4.69, 9.17) is 0 Å². The van der Waals surface area contributed by atoms with E-state index in [1.165, 1.54) is 12.1 Å². The standard InChI is InChI=1S/C20H25FN4O2/c1-14-17(15(2)23(3)22-14)13-19(26)24-9-6-10-25(12-11-24)20(27)16-7-4-5-8-18(16)21/h4-5,7-8H,6,9-13H2,1-3H3. The number of benzene rings is 1. The predicted octanol–water partition coefficient (Wildman–Crippen LogP) is 2.09. The van der Waals surface area contributed by atoms with Crippen molar-refractivity contribution in [3.8, 4) is 0 Å². The summed E-state index contributed by atoms with van der Waals surface area (Å²) in [6.07, 6.45) is 0.990. The van der Waals surface area contributed by atoms with Gasteiger partial charge in [0.25, 0.3) is 5.91 Å². The maximum Gasteiger partial charge on any atom is 0.256 e. The maximum absolute atomic E-state index is 13.9. The normalized spacial score (nSPS) is 15.0. The van der Waals surface area contributed by atoms with E-state index in [0.29, 0.717) is 39.0 Å². The van der Waals surface area contributed by atoms with Crippen LogP contribution in [0.2, 0.25) is 0 Å². The van der Waals surface area contributed by atoms with Gasteiger partial charge in [-0.15, -0.1) is 0 Å². The topological polar surface area (TPSA) is 58.4 Å². The van der Waals surface area contributed by atoms with Crippen molar-refractivity contribution in [3.63, 3.8) is 0 Å². The molecule has 1 aliphatic rings. The Labute approximate surface area is 158 Å². The number of hydrogen-bond donors (Lipinski definition) is 0. The molecule has 0 spiro atoms. The summed E-state index contributed by atoms with van der Waals surface area (Å²) in [7, 11) is 1.87. The molecule has 7 heteroatoms. The summed E-state index contributed by atoms with van der Waals surface area (Å²) in [5.41, 5.74) is 2.91. The number of hydrogen-bond acceptors (Lipinski definition) is 3. The van der Waals surface area contributed by atoms with Crippen molar-refractivity contribution in [2.24, 2.45) is 7.05 Å². The molecule has 144 valence electrons. The molecular formula is C20H25FN4O2. The van der Waals surface area contributed by atoms with Crippen molar-refractivity contribution < 1.29 is 14.0 Å². The first-order valence-electron chi connectivity index (χ1n) is 9.19. The van der Waals surface area contributed by atoms with Gasteiger partial charge in [0, 0.05) is 44.5 Å². The summed E-state index contributed by atoms with van der Waals surface area (Å²) < 4.78 is 15.7. The van der Waals surface area contributed by atoms with Crippen LogP contribution in [0.5, 0.6) is 0 Å². The number of carbonyl (C=O) groups is 2. The quantitative estimate of drug-likeness (QED) is 0.829. The lowest BCUT2D eigenvalue weighted by molar-refractivity contribution is -0.130. The number of amides is 2. The fraction of sp³-hybridized carbons (Fsp3) is 0.450. The summed E-state index contributed by atoms with van der Waals surface area (Å²) in [6, 6.07) is 6.01. The molecular weight excluding hydrogens is 347 g/mol. The second-order valence-electron chi connectivity index (χ2n) is 6.96. The highest BCUT2D eigenvalue weighted by molar-refractivity contribution is 5.94. The number of carbonyl (C=O) groups excluding carboxylic acids is 2. The van der Waals surface area contributed by atoms with Gasteiger partial charge in [-0.25, -0.2) is 4.39 Å². The average molecular weight is 372 g/mol. The number of aromatic nitrogens is 2.